The van der Waals surface area contributed by atoms with Crippen LogP contribution in [0.2, 0.25) is 0 Å². The Balaban J connectivity index is 1.60. The molecule has 0 aliphatic heterocycles. The molecule has 2 aromatic carbocycles. The van der Waals surface area contributed by atoms with Crippen LogP contribution in [0.15, 0.2) is 54.6 Å². The molecule has 0 amide bonds. The summed E-state index contributed by atoms with van der Waals surface area (Å²) in [4.78, 5) is 1.30. The van der Waals surface area contributed by atoms with Gasteiger partial charge in [-0.05, 0) is 46.5 Å². The van der Waals surface area contributed by atoms with Crippen LogP contribution >= 0.6 is 11.3 Å². The highest BCUT2D eigenvalue weighted by molar-refractivity contribution is 7.19. The van der Waals surface area contributed by atoms with Gasteiger partial charge in [-0.3, -0.25) is 0 Å². The average Bonchev–Trinajstić information content (AvgIpc) is 3.19. The minimum absolute atomic E-state index is 0.646. The third-order valence-electron chi connectivity index (χ3n) is 3.82. The van der Waals surface area contributed by atoms with Crippen LogP contribution in [0.25, 0.3) is 15.8 Å². The Morgan fingerprint density at radius 2 is 1.83 bits per heavy atom. The van der Waals surface area contributed by atoms with E-state index in [9.17, 15) is 0 Å². The first kappa shape index (κ1) is 13.9. The minimum atomic E-state index is 0.646. The smallest absolute Gasteiger partial charge is 0.248 e. The molecule has 0 aliphatic rings. The second kappa shape index (κ2) is 5.81. The van der Waals surface area contributed by atoms with Crippen LogP contribution in [0, 0.1) is 6.92 Å². The minimum Gasteiger partial charge on any atom is -0.348 e. The summed E-state index contributed by atoms with van der Waals surface area (Å²) in [7, 11) is 0. The van der Waals surface area contributed by atoms with E-state index in [1.165, 1.54) is 20.5 Å². The van der Waals surface area contributed by atoms with Crippen molar-refractivity contribution in [2.75, 3.05) is 5.32 Å². The van der Waals surface area contributed by atoms with Gasteiger partial charge in [0.15, 0.2) is 0 Å². The summed E-state index contributed by atoms with van der Waals surface area (Å²) in [5, 5.41) is 16.6. The molecule has 0 fully saturated rings. The molecule has 0 bridgehead atoms. The van der Waals surface area contributed by atoms with Gasteiger partial charge in [-0.25, -0.2) is 0 Å². The fourth-order valence-electron chi connectivity index (χ4n) is 2.59. The summed E-state index contributed by atoms with van der Waals surface area (Å²) < 4.78 is 3.02. The molecule has 0 atom stereocenters. The van der Waals surface area contributed by atoms with Gasteiger partial charge in [0.25, 0.3) is 0 Å². The van der Waals surface area contributed by atoms with Crippen LogP contribution < -0.4 is 5.32 Å². The number of tetrazole rings is 1. The van der Waals surface area contributed by atoms with Gasteiger partial charge in [-0.2, -0.15) is 4.68 Å². The normalized spacial score (nSPS) is 11.0. The molecule has 114 valence electrons. The monoisotopic (exact) mass is 321 g/mol. The highest BCUT2D eigenvalue weighted by atomic mass is 32.1. The molecule has 0 unspecified atom stereocenters. The summed E-state index contributed by atoms with van der Waals surface area (Å²) in [6.45, 7) is 2.87. The van der Waals surface area contributed by atoms with Crippen LogP contribution in [-0.2, 0) is 6.54 Å². The molecule has 2 aromatic heterocycles. The number of anilines is 1. The second-order valence-electron chi connectivity index (χ2n) is 5.25. The molecule has 0 saturated heterocycles. The number of rotatable bonds is 4. The number of nitrogens with one attached hydrogen (secondary N) is 1. The van der Waals surface area contributed by atoms with Gasteiger partial charge in [0.1, 0.15) is 0 Å². The second-order valence-corrected chi connectivity index (χ2v) is 6.39. The third-order valence-corrected chi connectivity index (χ3v) is 5.09. The van der Waals surface area contributed by atoms with E-state index in [1.54, 1.807) is 4.68 Å². The van der Waals surface area contributed by atoms with Crippen molar-refractivity contribution in [3.05, 3.63) is 65.0 Å². The van der Waals surface area contributed by atoms with Crippen molar-refractivity contribution in [2.24, 2.45) is 0 Å². The Hall–Kier alpha value is -2.73. The van der Waals surface area contributed by atoms with E-state index in [0.29, 0.717) is 12.5 Å². The van der Waals surface area contributed by atoms with Crippen molar-refractivity contribution < 1.29 is 0 Å². The molecule has 0 radical (unpaired) electrons. The lowest BCUT2D eigenvalue weighted by Crippen LogP contribution is -2.07. The lowest BCUT2D eigenvalue weighted by atomic mass is 10.1. The molecular formula is C17H15N5S. The fraction of sp³-hybridized carbons (Fsp3) is 0.118. The zero-order valence-electron chi connectivity index (χ0n) is 12.6. The van der Waals surface area contributed by atoms with Crippen LogP contribution in [0.4, 0.5) is 5.95 Å². The number of hydrogen-bond donors (Lipinski definition) is 1. The number of hydrogen-bond acceptors (Lipinski definition) is 5. The SMILES string of the molecule is Cc1c(CNc2nnnn2-c2ccccc2)sc2ccccc12. The Morgan fingerprint density at radius 1 is 1.04 bits per heavy atom. The van der Waals surface area contributed by atoms with Gasteiger partial charge < -0.3 is 5.32 Å². The molecule has 23 heavy (non-hydrogen) atoms. The highest BCUT2D eigenvalue weighted by Crippen LogP contribution is 2.30. The number of aryl methyl sites for hydroxylation is 1. The molecule has 0 saturated carbocycles. The first-order chi connectivity index (χ1) is 11.3. The van der Waals surface area contributed by atoms with Crippen molar-refractivity contribution in [3.63, 3.8) is 0 Å². The van der Waals surface area contributed by atoms with Crippen molar-refractivity contribution >= 4 is 27.4 Å². The number of benzene rings is 2. The van der Waals surface area contributed by atoms with E-state index in [2.05, 4.69) is 52.0 Å². The molecule has 6 heteroatoms. The zero-order valence-corrected chi connectivity index (χ0v) is 13.4. The largest absolute Gasteiger partial charge is 0.348 e. The van der Waals surface area contributed by atoms with Gasteiger partial charge in [-0.1, -0.05) is 41.5 Å². The van der Waals surface area contributed by atoms with E-state index in [-0.39, 0.29) is 0 Å². The quantitative estimate of drug-likeness (QED) is 0.621. The lowest BCUT2D eigenvalue weighted by Gasteiger charge is -2.06. The Labute approximate surface area is 137 Å². The molecule has 4 rings (SSSR count). The molecule has 0 aliphatic carbocycles. The van der Waals surface area contributed by atoms with Crippen LogP contribution in [0.5, 0.6) is 0 Å². The average molecular weight is 321 g/mol. The fourth-order valence-corrected chi connectivity index (χ4v) is 3.74. The number of para-hydroxylation sites is 1. The van der Waals surface area contributed by atoms with E-state index < -0.39 is 0 Å². The van der Waals surface area contributed by atoms with Gasteiger partial charge in [0.05, 0.1) is 12.2 Å². The zero-order chi connectivity index (χ0) is 15.6. The van der Waals surface area contributed by atoms with E-state index >= 15 is 0 Å². The predicted octanol–water partition coefficient (Wildman–Crippen LogP) is 3.80. The topological polar surface area (TPSA) is 55.6 Å². The van der Waals surface area contributed by atoms with Crippen LogP contribution in [0.1, 0.15) is 10.4 Å². The van der Waals surface area contributed by atoms with Gasteiger partial charge in [-0.15, -0.1) is 11.3 Å². The van der Waals surface area contributed by atoms with Crippen molar-refractivity contribution in [2.45, 2.75) is 13.5 Å². The molecular weight excluding hydrogens is 306 g/mol. The summed E-state index contributed by atoms with van der Waals surface area (Å²) in [6.07, 6.45) is 0. The summed E-state index contributed by atoms with van der Waals surface area (Å²) in [5.41, 5.74) is 2.25. The maximum absolute atomic E-state index is 4.09. The third kappa shape index (κ3) is 2.57. The van der Waals surface area contributed by atoms with E-state index in [4.69, 9.17) is 0 Å². The molecule has 5 nitrogen and oxygen atoms in total. The summed E-state index contributed by atoms with van der Waals surface area (Å²) >= 11 is 1.81. The Bertz CT molecular complexity index is 942. The van der Waals surface area contributed by atoms with Crippen LogP contribution in [-0.4, -0.2) is 20.2 Å². The number of aromatic nitrogens is 4. The summed E-state index contributed by atoms with van der Waals surface area (Å²) in [5.74, 6) is 0.646. The lowest BCUT2D eigenvalue weighted by molar-refractivity contribution is 0.789. The Kier molecular flexibility index (Phi) is 3.51. The highest BCUT2D eigenvalue weighted by Gasteiger charge is 2.11. The number of thiophene rings is 1. The van der Waals surface area contributed by atoms with Crippen molar-refractivity contribution in [1.82, 2.24) is 20.2 Å². The standard InChI is InChI=1S/C17H15N5S/c1-12-14-9-5-6-10-15(14)23-16(12)11-18-17-19-20-21-22(17)13-7-3-2-4-8-13/h2-10H,11H2,1H3,(H,18,19,21). The van der Waals surface area contributed by atoms with E-state index in [0.717, 1.165) is 5.69 Å². The van der Waals surface area contributed by atoms with E-state index in [1.807, 2.05) is 41.7 Å². The molecule has 1 N–H and O–H groups in total. The molecule has 2 heterocycles. The number of nitrogens with zero attached hydrogens (tertiary/aromatic N) is 4. The number of fused-ring (bicyclic) bond motifs is 1. The van der Waals surface area contributed by atoms with Gasteiger partial charge in [0.2, 0.25) is 5.95 Å². The molecule has 4 aromatic rings. The first-order valence-corrected chi connectivity index (χ1v) is 8.19. The van der Waals surface area contributed by atoms with Gasteiger partial charge in [0, 0.05) is 9.58 Å². The first-order valence-electron chi connectivity index (χ1n) is 7.37. The van der Waals surface area contributed by atoms with Crippen molar-refractivity contribution in [1.29, 1.82) is 0 Å². The predicted molar refractivity (Wildman–Crippen MR) is 93.0 cm³/mol. The maximum atomic E-state index is 4.09. The Morgan fingerprint density at radius 3 is 2.65 bits per heavy atom. The van der Waals surface area contributed by atoms with Gasteiger partial charge >= 0.3 is 0 Å². The molecule has 0 spiro atoms. The van der Waals surface area contributed by atoms with Crippen molar-refractivity contribution in [3.8, 4) is 5.69 Å². The van der Waals surface area contributed by atoms with Crippen LogP contribution in [0.3, 0.4) is 0 Å². The summed E-state index contributed by atoms with van der Waals surface area (Å²) in [6, 6.07) is 18.3. The maximum Gasteiger partial charge on any atom is 0.248 e.